The fourth-order valence-electron chi connectivity index (χ4n) is 2.86. The van der Waals surface area contributed by atoms with Crippen LogP contribution in [0.2, 0.25) is 0 Å². The summed E-state index contributed by atoms with van der Waals surface area (Å²) in [7, 11) is 2.74. The second kappa shape index (κ2) is 10.6. The van der Waals surface area contributed by atoms with Crippen LogP contribution in [0.15, 0.2) is 52.8 Å². The zero-order valence-corrected chi connectivity index (χ0v) is 17.9. The number of halogens is 3. The van der Waals surface area contributed by atoms with Gasteiger partial charge in [0, 0.05) is 30.7 Å². The van der Waals surface area contributed by atoms with E-state index in [0.717, 1.165) is 17.7 Å². The van der Waals surface area contributed by atoms with Gasteiger partial charge in [0.2, 0.25) is 0 Å². The van der Waals surface area contributed by atoms with Crippen molar-refractivity contribution in [2.75, 3.05) is 14.2 Å². The molecule has 170 valence electrons. The Balaban J connectivity index is 2.40. The van der Waals surface area contributed by atoms with Crippen molar-refractivity contribution < 1.29 is 32.4 Å². The SMILES string of the molecule is CNC(=O)/C(=N/OC)c1cccc(C)c1CO/N=C(\C(C)=O)c1cccc(C(F)(F)F)c1. The molecule has 0 spiro atoms. The molecule has 0 aliphatic heterocycles. The van der Waals surface area contributed by atoms with Crippen LogP contribution in [0.5, 0.6) is 0 Å². The number of benzene rings is 2. The maximum atomic E-state index is 13.0. The zero-order chi connectivity index (χ0) is 23.9. The molecule has 0 bridgehead atoms. The van der Waals surface area contributed by atoms with Gasteiger partial charge in [-0.05, 0) is 24.6 Å². The van der Waals surface area contributed by atoms with Crippen LogP contribution < -0.4 is 5.32 Å². The van der Waals surface area contributed by atoms with Gasteiger partial charge in [-0.2, -0.15) is 13.2 Å². The lowest BCUT2D eigenvalue weighted by molar-refractivity contribution is -0.137. The average molecular weight is 449 g/mol. The molecule has 32 heavy (non-hydrogen) atoms. The summed E-state index contributed by atoms with van der Waals surface area (Å²) in [5, 5.41) is 10.0. The fourth-order valence-corrected chi connectivity index (χ4v) is 2.86. The van der Waals surface area contributed by atoms with Gasteiger partial charge in [0.15, 0.2) is 17.2 Å². The highest BCUT2D eigenvalue weighted by Gasteiger charge is 2.31. The second-order valence-electron chi connectivity index (χ2n) is 6.65. The molecule has 7 nitrogen and oxygen atoms in total. The normalized spacial score (nSPS) is 12.3. The van der Waals surface area contributed by atoms with Crippen LogP contribution in [0.4, 0.5) is 13.2 Å². The molecule has 2 aromatic rings. The molecule has 1 amide bonds. The third kappa shape index (κ3) is 5.93. The first kappa shape index (κ1) is 24.6. The zero-order valence-electron chi connectivity index (χ0n) is 17.9. The minimum atomic E-state index is -4.56. The van der Waals surface area contributed by atoms with Crippen molar-refractivity contribution in [3.8, 4) is 0 Å². The molecule has 1 N–H and O–H groups in total. The number of nitrogens with zero attached hydrogens (tertiary/aromatic N) is 2. The van der Waals surface area contributed by atoms with Crippen LogP contribution in [0, 0.1) is 6.92 Å². The maximum absolute atomic E-state index is 13.0. The van der Waals surface area contributed by atoms with Gasteiger partial charge in [-0.1, -0.05) is 40.6 Å². The van der Waals surface area contributed by atoms with Crippen molar-refractivity contribution in [2.24, 2.45) is 10.3 Å². The molecule has 0 saturated carbocycles. The topological polar surface area (TPSA) is 89.3 Å². The van der Waals surface area contributed by atoms with E-state index in [1.54, 1.807) is 25.1 Å². The third-order valence-electron chi connectivity index (χ3n) is 4.45. The number of alkyl halides is 3. The molecule has 0 aliphatic rings. The van der Waals surface area contributed by atoms with E-state index >= 15 is 0 Å². The van der Waals surface area contributed by atoms with Gasteiger partial charge in [-0.3, -0.25) is 9.59 Å². The van der Waals surface area contributed by atoms with Crippen LogP contribution in [0.3, 0.4) is 0 Å². The lowest BCUT2D eigenvalue weighted by atomic mass is 9.98. The first-order chi connectivity index (χ1) is 15.1. The number of carbonyl (C=O) groups is 2. The van der Waals surface area contributed by atoms with E-state index in [0.29, 0.717) is 11.1 Å². The first-order valence-corrected chi connectivity index (χ1v) is 9.40. The summed E-state index contributed by atoms with van der Waals surface area (Å²) in [4.78, 5) is 34.3. The number of hydrogen-bond acceptors (Lipinski definition) is 6. The van der Waals surface area contributed by atoms with Crippen molar-refractivity contribution in [1.82, 2.24) is 5.32 Å². The molecule has 0 atom stereocenters. The Morgan fingerprint density at radius 3 is 2.34 bits per heavy atom. The van der Waals surface area contributed by atoms with E-state index in [-0.39, 0.29) is 23.6 Å². The minimum absolute atomic E-state index is 0.00551. The van der Waals surface area contributed by atoms with E-state index in [1.807, 2.05) is 0 Å². The molecule has 0 fully saturated rings. The van der Waals surface area contributed by atoms with Crippen LogP contribution in [-0.2, 0) is 32.0 Å². The molecule has 10 heteroatoms. The molecular weight excluding hydrogens is 427 g/mol. The fraction of sp³-hybridized carbons (Fsp3) is 0.273. The van der Waals surface area contributed by atoms with Crippen molar-refractivity contribution in [3.05, 3.63) is 70.3 Å². The van der Waals surface area contributed by atoms with Crippen molar-refractivity contribution >= 4 is 23.1 Å². The number of nitrogens with one attached hydrogen (secondary N) is 1. The predicted octanol–water partition coefficient (Wildman–Crippen LogP) is 3.62. The molecule has 2 rings (SSSR count). The summed E-state index contributed by atoms with van der Waals surface area (Å²) in [5.41, 5.74) is 0.524. The molecule has 2 aromatic carbocycles. The number of rotatable bonds is 8. The Hall–Kier alpha value is -3.69. The van der Waals surface area contributed by atoms with E-state index < -0.39 is 23.4 Å². The highest BCUT2D eigenvalue weighted by atomic mass is 19.4. The smallest absolute Gasteiger partial charge is 0.398 e. The van der Waals surface area contributed by atoms with Crippen molar-refractivity contribution in [2.45, 2.75) is 26.6 Å². The molecule has 0 aliphatic carbocycles. The summed E-state index contributed by atoms with van der Waals surface area (Å²) >= 11 is 0. The van der Waals surface area contributed by atoms with E-state index in [9.17, 15) is 22.8 Å². The number of carbonyl (C=O) groups excluding carboxylic acids is 2. The Morgan fingerprint density at radius 1 is 1.06 bits per heavy atom. The number of hydrogen-bond donors (Lipinski definition) is 1. The number of aryl methyl sites for hydroxylation is 1. The number of oxime groups is 2. The highest BCUT2D eigenvalue weighted by Crippen LogP contribution is 2.29. The third-order valence-corrected chi connectivity index (χ3v) is 4.45. The molecule has 0 unspecified atom stereocenters. The number of ketones is 1. The summed E-state index contributed by atoms with van der Waals surface area (Å²) in [6.45, 7) is 2.78. The Kier molecular flexibility index (Phi) is 8.11. The quantitative estimate of drug-likeness (QED) is 0.493. The van der Waals surface area contributed by atoms with Gasteiger partial charge in [0.05, 0.1) is 5.56 Å². The Labute approximate surface area is 182 Å². The van der Waals surface area contributed by atoms with Crippen LogP contribution in [0.1, 0.15) is 34.7 Å². The maximum Gasteiger partial charge on any atom is 0.416 e. The standard InChI is InChI=1S/C22H22F3N3O4/c1-13-7-5-10-17(20(27-31-4)21(30)26-3)18(13)12-32-28-19(14(2)29)15-8-6-9-16(11-15)22(23,24)25/h5-11H,12H2,1-4H3,(H,26,30)/b27-20+,28-19+. The second-order valence-corrected chi connectivity index (χ2v) is 6.65. The highest BCUT2D eigenvalue weighted by molar-refractivity contribution is 6.46. The number of likely N-dealkylation sites (N-methyl/N-ethyl adjacent to an activating group) is 1. The van der Waals surface area contributed by atoms with Crippen LogP contribution >= 0.6 is 0 Å². The minimum Gasteiger partial charge on any atom is -0.398 e. The van der Waals surface area contributed by atoms with Gasteiger partial charge >= 0.3 is 6.18 Å². The average Bonchev–Trinajstić information content (AvgIpc) is 2.74. The van der Waals surface area contributed by atoms with Crippen molar-refractivity contribution in [1.29, 1.82) is 0 Å². The van der Waals surface area contributed by atoms with E-state index in [2.05, 4.69) is 15.6 Å². The van der Waals surface area contributed by atoms with Crippen LogP contribution in [0.25, 0.3) is 0 Å². The van der Waals surface area contributed by atoms with Gasteiger partial charge in [0.1, 0.15) is 13.7 Å². The first-order valence-electron chi connectivity index (χ1n) is 9.40. The van der Waals surface area contributed by atoms with E-state index in [4.69, 9.17) is 9.68 Å². The number of amides is 1. The molecule has 0 aromatic heterocycles. The van der Waals surface area contributed by atoms with Gasteiger partial charge in [-0.15, -0.1) is 0 Å². The summed E-state index contributed by atoms with van der Waals surface area (Å²) in [6, 6.07) is 9.39. The number of Topliss-reactive ketones (excluding diaryl/α,β-unsaturated/α-hetero) is 1. The Morgan fingerprint density at radius 2 is 1.75 bits per heavy atom. The largest absolute Gasteiger partial charge is 0.416 e. The molecular formula is C22H22F3N3O4. The summed E-state index contributed by atoms with van der Waals surface area (Å²) < 4.78 is 39.1. The molecule has 0 saturated heterocycles. The Bertz CT molecular complexity index is 1060. The molecule has 0 heterocycles. The van der Waals surface area contributed by atoms with Gasteiger partial charge < -0.3 is 15.0 Å². The van der Waals surface area contributed by atoms with E-state index in [1.165, 1.54) is 33.2 Å². The lowest BCUT2D eigenvalue weighted by Gasteiger charge is -2.13. The monoisotopic (exact) mass is 449 g/mol. The summed E-state index contributed by atoms with van der Waals surface area (Å²) in [6.07, 6.45) is -4.56. The van der Waals surface area contributed by atoms with Crippen LogP contribution in [-0.4, -0.2) is 37.3 Å². The predicted molar refractivity (Wildman–Crippen MR) is 112 cm³/mol. The molecule has 0 radical (unpaired) electrons. The van der Waals surface area contributed by atoms with Gasteiger partial charge in [-0.25, -0.2) is 0 Å². The van der Waals surface area contributed by atoms with Crippen molar-refractivity contribution in [3.63, 3.8) is 0 Å². The lowest BCUT2D eigenvalue weighted by Crippen LogP contribution is -2.29. The summed E-state index contributed by atoms with van der Waals surface area (Å²) in [5.74, 6) is -1.06. The van der Waals surface area contributed by atoms with Gasteiger partial charge in [0.25, 0.3) is 5.91 Å².